The third kappa shape index (κ3) is 4.80. The summed E-state index contributed by atoms with van der Waals surface area (Å²) in [5, 5.41) is 4.58. The molecule has 0 atom stereocenters. The van der Waals surface area contributed by atoms with E-state index in [0.29, 0.717) is 22.5 Å². The van der Waals surface area contributed by atoms with Crippen LogP contribution in [0.2, 0.25) is 5.02 Å². The Morgan fingerprint density at radius 3 is 2.64 bits per heavy atom. The van der Waals surface area contributed by atoms with Gasteiger partial charge in [0, 0.05) is 17.6 Å². The molecule has 7 nitrogen and oxygen atoms in total. The summed E-state index contributed by atoms with van der Waals surface area (Å²) in [5.74, 6) is 1.94. The van der Waals surface area contributed by atoms with E-state index in [9.17, 15) is 4.79 Å². The minimum absolute atomic E-state index is 0.0988. The number of methoxy groups -OCH3 is 1. The molecule has 0 bridgehead atoms. The summed E-state index contributed by atoms with van der Waals surface area (Å²) in [6.07, 6.45) is 0. The summed E-state index contributed by atoms with van der Waals surface area (Å²) in [6, 6.07) is 12.6. The minimum atomic E-state index is -0.210. The number of carbonyl (C=O) groups is 1. The number of aryl methyl sites for hydroxylation is 1. The zero-order chi connectivity index (χ0) is 20.1. The highest BCUT2D eigenvalue weighted by atomic mass is 35.5. The Morgan fingerprint density at radius 2 is 1.96 bits per heavy atom. The maximum absolute atomic E-state index is 12.3. The molecule has 3 aromatic rings. The summed E-state index contributed by atoms with van der Waals surface area (Å²) >= 11 is 5.92. The monoisotopic (exact) mass is 401 g/mol. The number of amides is 1. The van der Waals surface area contributed by atoms with Crippen molar-refractivity contribution in [1.29, 1.82) is 0 Å². The van der Waals surface area contributed by atoms with Gasteiger partial charge in [0.15, 0.2) is 6.61 Å². The minimum Gasteiger partial charge on any atom is -0.497 e. The van der Waals surface area contributed by atoms with Crippen LogP contribution in [-0.4, -0.2) is 41.7 Å². The van der Waals surface area contributed by atoms with Crippen molar-refractivity contribution in [3.63, 3.8) is 0 Å². The second kappa shape index (κ2) is 8.75. The average molecular weight is 402 g/mol. The lowest BCUT2D eigenvalue weighted by Crippen LogP contribution is -2.31. The predicted octanol–water partition coefficient (Wildman–Crippen LogP) is 3.74. The van der Waals surface area contributed by atoms with Crippen LogP contribution in [-0.2, 0) is 11.3 Å². The number of hydrogen-bond acceptors (Lipinski definition) is 6. The topological polar surface area (TPSA) is 77.7 Å². The van der Waals surface area contributed by atoms with Crippen LogP contribution in [0.1, 0.15) is 11.5 Å². The molecule has 3 rings (SSSR count). The summed E-state index contributed by atoms with van der Waals surface area (Å²) in [4.78, 5) is 18.1. The molecule has 1 aromatic heterocycles. The van der Waals surface area contributed by atoms with Gasteiger partial charge in [-0.2, -0.15) is 4.98 Å². The molecule has 0 radical (unpaired) electrons. The lowest BCUT2D eigenvalue weighted by Gasteiger charge is -2.16. The number of rotatable bonds is 7. The van der Waals surface area contributed by atoms with Crippen molar-refractivity contribution in [1.82, 2.24) is 15.0 Å². The molecule has 28 heavy (non-hydrogen) atoms. The normalized spacial score (nSPS) is 10.6. The van der Waals surface area contributed by atoms with Gasteiger partial charge in [-0.1, -0.05) is 16.8 Å². The van der Waals surface area contributed by atoms with Crippen molar-refractivity contribution in [2.75, 3.05) is 20.8 Å². The lowest BCUT2D eigenvalue weighted by atomic mass is 10.2. The number of benzene rings is 2. The third-order valence-corrected chi connectivity index (χ3v) is 4.34. The van der Waals surface area contributed by atoms with Crippen molar-refractivity contribution in [3.8, 4) is 22.9 Å². The van der Waals surface area contributed by atoms with Gasteiger partial charge in [-0.05, 0) is 55.0 Å². The van der Waals surface area contributed by atoms with Crippen LogP contribution in [0.4, 0.5) is 0 Å². The third-order valence-electron chi connectivity index (χ3n) is 4.10. The summed E-state index contributed by atoms with van der Waals surface area (Å²) in [6.45, 7) is 1.96. The molecule has 0 aliphatic heterocycles. The molecule has 2 aromatic carbocycles. The Balaban J connectivity index is 1.57. The van der Waals surface area contributed by atoms with Gasteiger partial charge in [-0.15, -0.1) is 0 Å². The van der Waals surface area contributed by atoms with E-state index in [4.69, 9.17) is 25.6 Å². The number of nitrogens with zero attached hydrogens (tertiary/aromatic N) is 3. The molecule has 0 aliphatic carbocycles. The molecule has 0 aliphatic rings. The van der Waals surface area contributed by atoms with Crippen LogP contribution < -0.4 is 9.47 Å². The zero-order valence-electron chi connectivity index (χ0n) is 15.8. The molecule has 0 N–H and O–H groups in total. The highest BCUT2D eigenvalue weighted by Crippen LogP contribution is 2.22. The van der Waals surface area contributed by atoms with E-state index < -0.39 is 0 Å². The molecule has 1 heterocycles. The molecule has 0 saturated carbocycles. The first-order valence-electron chi connectivity index (χ1n) is 8.56. The van der Waals surface area contributed by atoms with E-state index >= 15 is 0 Å². The second-order valence-electron chi connectivity index (χ2n) is 6.19. The molecule has 1 amide bonds. The highest BCUT2D eigenvalue weighted by molar-refractivity contribution is 6.30. The van der Waals surface area contributed by atoms with Crippen LogP contribution in [0.3, 0.4) is 0 Å². The SMILES string of the molecule is COc1ccc(-c2noc(CN(C)C(=O)COc3ccc(Cl)cc3C)n2)cc1. The summed E-state index contributed by atoms with van der Waals surface area (Å²) < 4.78 is 16.0. The van der Waals surface area contributed by atoms with Gasteiger partial charge in [0.25, 0.3) is 5.91 Å². The van der Waals surface area contributed by atoms with Gasteiger partial charge < -0.3 is 18.9 Å². The molecule has 0 saturated heterocycles. The fourth-order valence-corrected chi connectivity index (χ4v) is 2.72. The maximum Gasteiger partial charge on any atom is 0.260 e. The van der Waals surface area contributed by atoms with E-state index in [1.807, 2.05) is 31.2 Å². The van der Waals surface area contributed by atoms with Gasteiger partial charge in [-0.25, -0.2) is 0 Å². The first kappa shape index (κ1) is 19.7. The Hall–Kier alpha value is -3.06. The van der Waals surface area contributed by atoms with Crippen LogP contribution >= 0.6 is 11.6 Å². The molecular formula is C20H20ClN3O4. The fourth-order valence-electron chi connectivity index (χ4n) is 2.49. The lowest BCUT2D eigenvalue weighted by molar-refractivity contribution is -0.132. The van der Waals surface area contributed by atoms with E-state index in [1.54, 1.807) is 32.4 Å². The number of halogens is 1. The molecule has 0 fully saturated rings. The Bertz CT molecular complexity index is 956. The fraction of sp³-hybridized carbons (Fsp3) is 0.250. The Kier molecular flexibility index (Phi) is 6.16. The number of carbonyl (C=O) groups excluding carboxylic acids is 1. The Labute approximate surface area is 167 Å². The first-order valence-corrected chi connectivity index (χ1v) is 8.94. The van der Waals surface area contributed by atoms with Crippen molar-refractivity contribution in [2.24, 2.45) is 0 Å². The summed E-state index contributed by atoms with van der Waals surface area (Å²) in [7, 11) is 3.25. The Morgan fingerprint density at radius 1 is 1.21 bits per heavy atom. The van der Waals surface area contributed by atoms with Gasteiger partial charge in [0.1, 0.15) is 11.5 Å². The van der Waals surface area contributed by atoms with Crippen LogP contribution in [0.25, 0.3) is 11.4 Å². The maximum atomic E-state index is 12.3. The summed E-state index contributed by atoms with van der Waals surface area (Å²) in [5.41, 5.74) is 1.66. The van der Waals surface area contributed by atoms with E-state index in [2.05, 4.69) is 10.1 Å². The van der Waals surface area contributed by atoms with Crippen LogP contribution in [0, 0.1) is 6.92 Å². The largest absolute Gasteiger partial charge is 0.497 e. The second-order valence-corrected chi connectivity index (χ2v) is 6.62. The van der Waals surface area contributed by atoms with Gasteiger partial charge in [0.05, 0.1) is 13.7 Å². The average Bonchev–Trinajstić information content (AvgIpc) is 3.15. The standard InChI is InChI=1S/C20H20ClN3O4/c1-13-10-15(21)6-9-17(13)27-12-19(25)24(2)11-18-22-20(23-28-18)14-4-7-16(26-3)8-5-14/h4-10H,11-12H2,1-3H3. The van der Waals surface area contributed by atoms with Crippen molar-refractivity contribution in [3.05, 3.63) is 58.9 Å². The van der Waals surface area contributed by atoms with Crippen molar-refractivity contribution >= 4 is 17.5 Å². The zero-order valence-corrected chi connectivity index (χ0v) is 16.6. The number of hydrogen-bond donors (Lipinski definition) is 0. The predicted molar refractivity (Wildman–Crippen MR) is 104 cm³/mol. The van der Waals surface area contributed by atoms with E-state index in [-0.39, 0.29) is 19.1 Å². The molecular weight excluding hydrogens is 382 g/mol. The van der Waals surface area contributed by atoms with Crippen molar-refractivity contribution < 1.29 is 18.8 Å². The van der Waals surface area contributed by atoms with Crippen LogP contribution in [0.5, 0.6) is 11.5 Å². The first-order chi connectivity index (χ1) is 13.5. The van der Waals surface area contributed by atoms with E-state index in [1.165, 1.54) is 4.90 Å². The smallest absolute Gasteiger partial charge is 0.260 e. The molecule has 0 unspecified atom stereocenters. The highest BCUT2D eigenvalue weighted by Gasteiger charge is 2.16. The van der Waals surface area contributed by atoms with Crippen molar-refractivity contribution in [2.45, 2.75) is 13.5 Å². The van der Waals surface area contributed by atoms with Gasteiger partial charge >= 0.3 is 0 Å². The molecule has 0 spiro atoms. The molecule has 146 valence electrons. The van der Waals surface area contributed by atoms with E-state index in [0.717, 1.165) is 16.9 Å². The van der Waals surface area contributed by atoms with Gasteiger partial charge in [0.2, 0.25) is 11.7 Å². The molecule has 8 heteroatoms. The number of ether oxygens (including phenoxy) is 2. The number of likely N-dealkylation sites (N-methyl/N-ethyl adjacent to an activating group) is 1. The van der Waals surface area contributed by atoms with Gasteiger partial charge in [-0.3, -0.25) is 4.79 Å². The number of aromatic nitrogens is 2. The quantitative estimate of drug-likeness (QED) is 0.600. The van der Waals surface area contributed by atoms with Crippen LogP contribution in [0.15, 0.2) is 47.0 Å².